The van der Waals surface area contributed by atoms with Gasteiger partial charge in [0.1, 0.15) is 17.2 Å². The van der Waals surface area contributed by atoms with E-state index in [4.69, 9.17) is 24.7 Å². The van der Waals surface area contributed by atoms with Gasteiger partial charge < -0.3 is 24.7 Å². The van der Waals surface area contributed by atoms with Crippen LogP contribution in [-0.2, 0) is 11.3 Å². The lowest BCUT2D eigenvalue weighted by Crippen LogP contribution is -2.45. The van der Waals surface area contributed by atoms with E-state index >= 15 is 0 Å². The van der Waals surface area contributed by atoms with E-state index in [1.165, 1.54) is 0 Å². The lowest BCUT2D eigenvalue weighted by molar-refractivity contribution is -0.0264. The molecule has 1 saturated heterocycles. The molecule has 1 fully saturated rings. The largest absolute Gasteiger partial charge is 0.496 e. The second kappa shape index (κ2) is 7.49. The fraction of sp³-hybridized carbons (Fsp3) is 0.600. The molecule has 6 heteroatoms. The number of hydrogen-bond acceptors (Lipinski definition) is 6. The van der Waals surface area contributed by atoms with Gasteiger partial charge in [-0.1, -0.05) is 0 Å². The van der Waals surface area contributed by atoms with Crippen molar-refractivity contribution in [3.63, 3.8) is 0 Å². The summed E-state index contributed by atoms with van der Waals surface area (Å²) in [5, 5.41) is 0. The number of morpholine rings is 1. The molecule has 0 aromatic heterocycles. The van der Waals surface area contributed by atoms with E-state index in [1.54, 1.807) is 21.3 Å². The fourth-order valence-electron chi connectivity index (χ4n) is 2.52. The summed E-state index contributed by atoms with van der Waals surface area (Å²) >= 11 is 0. The Morgan fingerprint density at radius 3 is 2.38 bits per heavy atom. The Bertz CT molecular complexity index is 442. The number of methoxy groups -OCH3 is 3. The maximum Gasteiger partial charge on any atom is 0.130 e. The summed E-state index contributed by atoms with van der Waals surface area (Å²) in [7, 11) is 4.93. The summed E-state index contributed by atoms with van der Waals surface area (Å²) in [6, 6.07) is 3.75. The topological polar surface area (TPSA) is 66.2 Å². The number of nitrogens with zero attached hydrogens (tertiary/aromatic N) is 1. The van der Waals surface area contributed by atoms with Crippen LogP contribution in [0.2, 0.25) is 0 Å². The number of benzene rings is 1. The van der Waals surface area contributed by atoms with E-state index in [2.05, 4.69) is 4.90 Å². The minimum atomic E-state index is 0.0917. The Hall–Kier alpha value is -1.50. The second-order valence-corrected chi connectivity index (χ2v) is 4.97. The number of ether oxygens (including phenoxy) is 4. The van der Waals surface area contributed by atoms with Crippen molar-refractivity contribution >= 4 is 0 Å². The van der Waals surface area contributed by atoms with Gasteiger partial charge in [-0.05, 0) is 0 Å². The molecule has 1 aromatic carbocycles. The summed E-state index contributed by atoms with van der Waals surface area (Å²) in [5.74, 6) is 2.25. The monoisotopic (exact) mass is 296 g/mol. The van der Waals surface area contributed by atoms with Crippen molar-refractivity contribution in [3.05, 3.63) is 17.7 Å². The number of rotatable bonds is 6. The molecule has 1 unspecified atom stereocenters. The zero-order chi connectivity index (χ0) is 15.2. The molecule has 1 heterocycles. The third-order valence-electron chi connectivity index (χ3n) is 3.68. The first-order valence-electron chi connectivity index (χ1n) is 7.04. The molecule has 1 aromatic rings. The van der Waals surface area contributed by atoms with Gasteiger partial charge in [-0.3, -0.25) is 4.90 Å². The van der Waals surface area contributed by atoms with E-state index in [0.29, 0.717) is 18.9 Å². The molecule has 2 N–H and O–H groups in total. The van der Waals surface area contributed by atoms with Gasteiger partial charge in [0.25, 0.3) is 0 Å². The lowest BCUT2D eigenvalue weighted by Gasteiger charge is -2.33. The van der Waals surface area contributed by atoms with Crippen molar-refractivity contribution < 1.29 is 18.9 Å². The maximum absolute atomic E-state index is 5.69. The molecule has 118 valence electrons. The first-order valence-corrected chi connectivity index (χ1v) is 7.04. The van der Waals surface area contributed by atoms with Crippen LogP contribution >= 0.6 is 0 Å². The molecule has 2 rings (SSSR count). The molecular weight excluding hydrogens is 272 g/mol. The smallest absolute Gasteiger partial charge is 0.130 e. The molecular formula is C15H24N2O4. The van der Waals surface area contributed by atoms with E-state index in [1.807, 2.05) is 12.1 Å². The van der Waals surface area contributed by atoms with Gasteiger partial charge in [-0.25, -0.2) is 0 Å². The number of nitrogens with two attached hydrogens (primary N) is 1. The van der Waals surface area contributed by atoms with Crippen molar-refractivity contribution in [2.45, 2.75) is 12.6 Å². The van der Waals surface area contributed by atoms with Crippen LogP contribution in [0.3, 0.4) is 0 Å². The predicted molar refractivity (Wildman–Crippen MR) is 80.2 cm³/mol. The zero-order valence-corrected chi connectivity index (χ0v) is 12.9. The Labute approximate surface area is 125 Å². The second-order valence-electron chi connectivity index (χ2n) is 4.97. The SMILES string of the molecule is COc1cc(OC)c(CN2CCOC(CN)C2)c(OC)c1. The van der Waals surface area contributed by atoms with Crippen LogP contribution in [0.5, 0.6) is 17.2 Å². The number of hydrogen-bond donors (Lipinski definition) is 1. The van der Waals surface area contributed by atoms with Crippen molar-refractivity contribution in [3.8, 4) is 17.2 Å². The normalized spacial score (nSPS) is 19.3. The van der Waals surface area contributed by atoms with Crippen molar-refractivity contribution in [1.82, 2.24) is 4.90 Å². The summed E-state index contributed by atoms with van der Waals surface area (Å²) in [6.07, 6.45) is 0.0917. The van der Waals surface area contributed by atoms with Crippen molar-refractivity contribution in [2.75, 3.05) is 47.6 Å². The quantitative estimate of drug-likeness (QED) is 0.840. The van der Waals surface area contributed by atoms with Gasteiger partial charge in [0.05, 0.1) is 39.6 Å². The van der Waals surface area contributed by atoms with Crippen LogP contribution in [0.4, 0.5) is 0 Å². The van der Waals surface area contributed by atoms with E-state index in [9.17, 15) is 0 Å². The first kappa shape index (κ1) is 15.9. The van der Waals surface area contributed by atoms with Gasteiger partial charge in [-0.2, -0.15) is 0 Å². The third kappa shape index (κ3) is 3.78. The van der Waals surface area contributed by atoms with Crippen LogP contribution in [0, 0.1) is 0 Å². The molecule has 1 aliphatic rings. The molecule has 0 spiro atoms. The van der Waals surface area contributed by atoms with Crippen LogP contribution in [0.15, 0.2) is 12.1 Å². The zero-order valence-electron chi connectivity index (χ0n) is 12.9. The van der Waals surface area contributed by atoms with Gasteiger partial charge in [-0.15, -0.1) is 0 Å². The minimum absolute atomic E-state index is 0.0917. The van der Waals surface area contributed by atoms with Crippen LogP contribution in [0.1, 0.15) is 5.56 Å². The Kier molecular flexibility index (Phi) is 5.67. The molecule has 1 aliphatic heterocycles. The Balaban J connectivity index is 2.21. The van der Waals surface area contributed by atoms with Gasteiger partial charge in [0, 0.05) is 38.3 Å². The van der Waals surface area contributed by atoms with E-state index in [0.717, 1.165) is 36.7 Å². The van der Waals surface area contributed by atoms with Crippen LogP contribution in [-0.4, -0.2) is 58.6 Å². The maximum atomic E-state index is 5.69. The van der Waals surface area contributed by atoms with E-state index < -0.39 is 0 Å². The summed E-state index contributed by atoms with van der Waals surface area (Å²) in [4.78, 5) is 2.30. The molecule has 0 aliphatic carbocycles. The summed E-state index contributed by atoms with van der Waals surface area (Å²) in [6.45, 7) is 3.65. The molecule has 6 nitrogen and oxygen atoms in total. The Morgan fingerprint density at radius 1 is 1.19 bits per heavy atom. The van der Waals surface area contributed by atoms with Gasteiger partial charge in [0.15, 0.2) is 0 Å². The highest BCUT2D eigenvalue weighted by atomic mass is 16.5. The van der Waals surface area contributed by atoms with Crippen LogP contribution in [0.25, 0.3) is 0 Å². The van der Waals surface area contributed by atoms with E-state index in [-0.39, 0.29) is 6.10 Å². The standard InChI is InChI=1S/C15H24N2O4/c1-18-11-6-14(19-2)13(15(7-11)20-3)10-17-4-5-21-12(8-16)9-17/h6-7,12H,4-5,8-10,16H2,1-3H3. The van der Waals surface area contributed by atoms with Crippen molar-refractivity contribution in [2.24, 2.45) is 5.73 Å². The lowest BCUT2D eigenvalue weighted by atomic mass is 10.1. The molecule has 21 heavy (non-hydrogen) atoms. The molecule has 0 radical (unpaired) electrons. The predicted octanol–water partition coefficient (Wildman–Crippen LogP) is 0.872. The molecule has 0 amide bonds. The average Bonchev–Trinajstić information content (AvgIpc) is 2.55. The highest BCUT2D eigenvalue weighted by Crippen LogP contribution is 2.35. The van der Waals surface area contributed by atoms with Gasteiger partial charge in [0.2, 0.25) is 0 Å². The minimum Gasteiger partial charge on any atom is -0.496 e. The van der Waals surface area contributed by atoms with Gasteiger partial charge >= 0.3 is 0 Å². The summed E-state index contributed by atoms with van der Waals surface area (Å²) in [5.41, 5.74) is 6.70. The molecule has 0 bridgehead atoms. The fourth-order valence-corrected chi connectivity index (χ4v) is 2.52. The van der Waals surface area contributed by atoms with Crippen LogP contribution < -0.4 is 19.9 Å². The highest BCUT2D eigenvalue weighted by Gasteiger charge is 2.22. The third-order valence-corrected chi connectivity index (χ3v) is 3.68. The highest BCUT2D eigenvalue weighted by molar-refractivity contribution is 5.50. The average molecular weight is 296 g/mol. The summed E-state index contributed by atoms with van der Waals surface area (Å²) < 4.78 is 21.8. The molecule has 0 saturated carbocycles. The molecule has 1 atom stereocenters. The van der Waals surface area contributed by atoms with Crippen molar-refractivity contribution in [1.29, 1.82) is 0 Å². The Morgan fingerprint density at radius 2 is 1.86 bits per heavy atom. The first-order chi connectivity index (χ1) is 10.2.